The molecule has 2 heteroatoms. The van der Waals surface area contributed by atoms with Crippen LogP contribution in [0.1, 0.15) is 74.0 Å². The molecule has 1 aromatic carbocycles. The fourth-order valence-corrected chi connectivity index (χ4v) is 4.62. The molecule has 0 aromatic heterocycles. The molecule has 0 bridgehead atoms. The lowest BCUT2D eigenvalue weighted by Crippen LogP contribution is -2.16. The highest BCUT2D eigenvalue weighted by atomic mass is 32.1. The van der Waals surface area contributed by atoms with Crippen molar-refractivity contribution >= 4 is 12.6 Å². The molecule has 122 valence electrons. The van der Waals surface area contributed by atoms with Crippen molar-refractivity contribution in [1.29, 1.82) is 0 Å². The van der Waals surface area contributed by atoms with E-state index in [9.17, 15) is 0 Å². The Morgan fingerprint density at radius 2 is 1.95 bits per heavy atom. The molecule has 3 rings (SSSR count). The normalized spacial score (nSPS) is 27.8. The van der Waals surface area contributed by atoms with E-state index in [1.165, 1.54) is 64.2 Å². The Morgan fingerprint density at radius 3 is 2.73 bits per heavy atom. The second-order valence-corrected chi connectivity index (χ2v) is 7.93. The van der Waals surface area contributed by atoms with Gasteiger partial charge in [-0.25, -0.2) is 0 Å². The van der Waals surface area contributed by atoms with Crippen LogP contribution in [0.2, 0.25) is 0 Å². The summed E-state index contributed by atoms with van der Waals surface area (Å²) in [6.45, 7) is 0. The van der Waals surface area contributed by atoms with Gasteiger partial charge in [0, 0.05) is 6.04 Å². The number of hydrogen-bond donors (Lipinski definition) is 2. The minimum atomic E-state index is 0.433. The first-order valence-electron chi connectivity index (χ1n) is 9.24. The zero-order valence-electron chi connectivity index (χ0n) is 13.8. The molecule has 22 heavy (non-hydrogen) atoms. The Labute approximate surface area is 141 Å². The van der Waals surface area contributed by atoms with Crippen molar-refractivity contribution < 1.29 is 0 Å². The predicted molar refractivity (Wildman–Crippen MR) is 98.8 cm³/mol. The van der Waals surface area contributed by atoms with Gasteiger partial charge in [0.2, 0.25) is 0 Å². The Kier molecular flexibility index (Phi) is 5.87. The Bertz CT molecular complexity index is 485. The lowest BCUT2D eigenvalue weighted by molar-refractivity contribution is 0.408. The van der Waals surface area contributed by atoms with Crippen molar-refractivity contribution in [3.63, 3.8) is 0 Å². The summed E-state index contributed by atoms with van der Waals surface area (Å²) in [5.74, 6) is 2.68. The molecular formula is C20H31NS. The second-order valence-electron chi connectivity index (χ2n) is 7.48. The highest BCUT2D eigenvalue weighted by Crippen LogP contribution is 2.36. The molecule has 2 N–H and O–H groups in total. The van der Waals surface area contributed by atoms with E-state index in [4.69, 9.17) is 5.73 Å². The monoisotopic (exact) mass is 317 g/mol. The topological polar surface area (TPSA) is 26.0 Å². The summed E-state index contributed by atoms with van der Waals surface area (Å²) < 4.78 is 0. The van der Waals surface area contributed by atoms with Gasteiger partial charge >= 0.3 is 0 Å². The Hall–Kier alpha value is -0.470. The van der Waals surface area contributed by atoms with Gasteiger partial charge in [-0.2, -0.15) is 12.6 Å². The van der Waals surface area contributed by atoms with Crippen LogP contribution in [0, 0.1) is 5.92 Å². The van der Waals surface area contributed by atoms with Gasteiger partial charge in [-0.05, 0) is 79.2 Å². The predicted octanol–water partition coefficient (Wildman–Crippen LogP) is 4.88. The minimum absolute atomic E-state index is 0.433. The van der Waals surface area contributed by atoms with Crippen LogP contribution in [0.3, 0.4) is 0 Å². The molecule has 0 saturated heterocycles. The number of fused-ring (bicyclic) bond motifs is 1. The van der Waals surface area contributed by atoms with Crippen LogP contribution >= 0.6 is 12.6 Å². The first-order valence-corrected chi connectivity index (χ1v) is 9.87. The fraction of sp³-hybridized carbons (Fsp3) is 0.700. The van der Waals surface area contributed by atoms with E-state index >= 15 is 0 Å². The maximum absolute atomic E-state index is 6.08. The summed E-state index contributed by atoms with van der Waals surface area (Å²) in [6, 6.07) is 7.76. The summed E-state index contributed by atoms with van der Waals surface area (Å²) in [6.07, 6.45) is 13.1. The molecule has 2 unspecified atom stereocenters. The molecule has 1 nitrogen and oxygen atoms in total. The average Bonchev–Trinajstić information content (AvgIpc) is 2.97. The number of unbranched alkanes of at least 4 members (excludes halogenated alkanes) is 2. The summed E-state index contributed by atoms with van der Waals surface area (Å²) in [5.41, 5.74) is 10.9. The van der Waals surface area contributed by atoms with E-state index in [1.54, 1.807) is 16.7 Å². The maximum Gasteiger partial charge on any atom is 0.00448 e. The minimum Gasteiger partial charge on any atom is -0.328 e. The molecular weight excluding hydrogens is 286 g/mol. The smallest absolute Gasteiger partial charge is 0.00448 e. The van der Waals surface area contributed by atoms with E-state index in [-0.39, 0.29) is 0 Å². The van der Waals surface area contributed by atoms with Gasteiger partial charge in [0.15, 0.2) is 0 Å². The van der Waals surface area contributed by atoms with Crippen molar-refractivity contribution in [1.82, 2.24) is 0 Å². The van der Waals surface area contributed by atoms with Crippen molar-refractivity contribution in [2.24, 2.45) is 11.7 Å². The van der Waals surface area contributed by atoms with Gasteiger partial charge in [-0.3, -0.25) is 0 Å². The number of rotatable bonds is 6. The van der Waals surface area contributed by atoms with Crippen molar-refractivity contribution in [2.75, 3.05) is 5.75 Å². The van der Waals surface area contributed by atoms with E-state index in [1.807, 2.05) is 0 Å². The van der Waals surface area contributed by atoms with Crippen molar-refractivity contribution in [3.05, 3.63) is 34.9 Å². The molecule has 1 aromatic rings. The maximum atomic E-state index is 6.08. The molecule has 0 radical (unpaired) electrons. The second kappa shape index (κ2) is 7.88. The molecule has 2 aliphatic carbocycles. The third-order valence-electron chi connectivity index (χ3n) is 5.78. The molecule has 0 aliphatic heterocycles. The van der Waals surface area contributed by atoms with Crippen molar-refractivity contribution in [2.45, 2.75) is 76.2 Å². The standard InChI is InChI=1S/C20H31NS/c21-20-10-9-19(14-20)18-8-7-16-12-15(4-2-1-3-11-22)5-6-17(16)13-18/h7-8,13,15,19-20,22H,1-6,9-12,14,21H2/t15-,19?,20?/m0/s1. The van der Waals surface area contributed by atoms with Gasteiger partial charge in [-0.15, -0.1) is 0 Å². The Morgan fingerprint density at radius 1 is 1.05 bits per heavy atom. The van der Waals surface area contributed by atoms with Crippen LogP contribution < -0.4 is 5.73 Å². The highest BCUT2D eigenvalue weighted by molar-refractivity contribution is 7.80. The van der Waals surface area contributed by atoms with Gasteiger partial charge in [0.25, 0.3) is 0 Å². The van der Waals surface area contributed by atoms with Crippen LogP contribution in [0.4, 0.5) is 0 Å². The lowest BCUT2D eigenvalue weighted by atomic mass is 9.80. The van der Waals surface area contributed by atoms with Crippen LogP contribution in [0.5, 0.6) is 0 Å². The zero-order chi connectivity index (χ0) is 15.4. The Balaban J connectivity index is 1.57. The summed E-state index contributed by atoms with van der Waals surface area (Å²) in [4.78, 5) is 0. The number of thiol groups is 1. The van der Waals surface area contributed by atoms with Gasteiger partial charge < -0.3 is 5.73 Å². The molecule has 0 amide bonds. The van der Waals surface area contributed by atoms with E-state index < -0.39 is 0 Å². The van der Waals surface area contributed by atoms with E-state index in [0.717, 1.165) is 17.6 Å². The number of aryl methyl sites for hydroxylation is 1. The average molecular weight is 318 g/mol. The number of nitrogens with two attached hydrogens (primary N) is 1. The van der Waals surface area contributed by atoms with Gasteiger partial charge in [0.05, 0.1) is 0 Å². The van der Waals surface area contributed by atoms with Crippen LogP contribution in [-0.2, 0) is 12.8 Å². The summed E-state index contributed by atoms with van der Waals surface area (Å²) >= 11 is 4.30. The zero-order valence-corrected chi connectivity index (χ0v) is 14.7. The van der Waals surface area contributed by atoms with Crippen LogP contribution in [-0.4, -0.2) is 11.8 Å². The largest absolute Gasteiger partial charge is 0.328 e. The molecule has 2 aliphatic rings. The highest BCUT2D eigenvalue weighted by Gasteiger charge is 2.25. The molecule has 0 spiro atoms. The fourth-order valence-electron chi connectivity index (χ4n) is 4.39. The van der Waals surface area contributed by atoms with Gasteiger partial charge in [0.1, 0.15) is 0 Å². The van der Waals surface area contributed by atoms with Crippen LogP contribution in [0.25, 0.3) is 0 Å². The summed E-state index contributed by atoms with van der Waals surface area (Å²) in [7, 11) is 0. The molecule has 3 atom stereocenters. The van der Waals surface area contributed by atoms with E-state index in [0.29, 0.717) is 6.04 Å². The van der Waals surface area contributed by atoms with Crippen molar-refractivity contribution in [3.8, 4) is 0 Å². The number of benzene rings is 1. The molecule has 1 fully saturated rings. The quantitative estimate of drug-likeness (QED) is 0.568. The van der Waals surface area contributed by atoms with Crippen LogP contribution in [0.15, 0.2) is 18.2 Å². The van der Waals surface area contributed by atoms with Gasteiger partial charge in [-0.1, -0.05) is 37.5 Å². The van der Waals surface area contributed by atoms with E-state index in [2.05, 4.69) is 30.8 Å². The third kappa shape index (κ3) is 4.08. The number of hydrogen-bond acceptors (Lipinski definition) is 2. The first-order chi connectivity index (χ1) is 10.8. The first kappa shape index (κ1) is 16.4. The molecule has 1 saturated carbocycles. The SMILES string of the molecule is NC1CCC(c2ccc3c(c2)CC[C@H](CCCCCS)C3)C1. The summed E-state index contributed by atoms with van der Waals surface area (Å²) in [5, 5.41) is 0. The third-order valence-corrected chi connectivity index (χ3v) is 6.09. The lowest BCUT2D eigenvalue weighted by Gasteiger charge is -2.26. The molecule has 0 heterocycles.